The fourth-order valence-electron chi connectivity index (χ4n) is 2.72. The normalized spacial score (nSPS) is 10.9. The first-order chi connectivity index (χ1) is 13.0. The molecule has 1 aromatic carbocycles. The number of carboxylic acid groups (broad SMARTS) is 1. The Bertz CT molecular complexity index is 1130. The summed E-state index contributed by atoms with van der Waals surface area (Å²) in [6.07, 6.45) is 1.73. The minimum Gasteiger partial charge on any atom is -0.478 e. The average Bonchev–Trinajstić information content (AvgIpc) is 3.26. The van der Waals surface area contributed by atoms with Crippen LogP contribution in [-0.2, 0) is 0 Å². The van der Waals surface area contributed by atoms with E-state index in [1.165, 1.54) is 0 Å². The highest BCUT2D eigenvalue weighted by molar-refractivity contribution is 7.15. The third-order valence-electron chi connectivity index (χ3n) is 3.99. The van der Waals surface area contributed by atoms with E-state index in [0.29, 0.717) is 16.1 Å². The Labute approximate surface area is 162 Å². The molecule has 0 unspecified atom stereocenters. The van der Waals surface area contributed by atoms with Crippen molar-refractivity contribution in [3.8, 4) is 11.1 Å². The Balaban J connectivity index is 1.68. The van der Waals surface area contributed by atoms with Gasteiger partial charge in [0.05, 0.1) is 5.52 Å². The van der Waals surface area contributed by atoms with Crippen LogP contribution < -0.4 is 5.32 Å². The second kappa shape index (κ2) is 6.86. The first-order valence-electron chi connectivity index (χ1n) is 7.89. The Hall–Kier alpha value is -3.16. The van der Waals surface area contributed by atoms with Crippen LogP contribution >= 0.6 is 22.9 Å². The molecule has 27 heavy (non-hydrogen) atoms. The number of aromatic nitrogens is 2. The van der Waals surface area contributed by atoms with Crippen LogP contribution in [0.3, 0.4) is 0 Å². The van der Waals surface area contributed by atoms with Gasteiger partial charge in [0.15, 0.2) is 5.69 Å². The van der Waals surface area contributed by atoms with Crippen LogP contribution in [0.15, 0.2) is 60.1 Å². The summed E-state index contributed by atoms with van der Waals surface area (Å²) in [5, 5.41) is 19.1. The van der Waals surface area contributed by atoms with E-state index < -0.39 is 11.9 Å². The molecule has 3 heterocycles. The number of hydrogen-bond donors (Lipinski definition) is 2. The second-order valence-corrected chi connectivity index (χ2v) is 7.04. The number of halogens is 1. The van der Waals surface area contributed by atoms with E-state index in [1.54, 1.807) is 46.4 Å². The number of amides is 1. The summed E-state index contributed by atoms with van der Waals surface area (Å²) in [5.74, 6) is -1.59. The highest BCUT2D eigenvalue weighted by atomic mass is 35.5. The summed E-state index contributed by atoms with van der Waals surface area (Å²) in [6.45, 7) is 0. The zero-order valence-electron chi connectivity index (χ0n) is 13.7. The van der Waals surface area contributed by atoms with Crippen molar-refractivity contribution in [1.82, 2.24) is 9.61 Å². The predicted molar refractivity (Wildman–Crippen MR) is 105 cm³/mol. The van der Waals surface area contributed by atoms with Gasteiger partial charge < -0.3 is 10.4 Å². The minimum atomic E-state index is -1.12. The van der Waals surface area contributed by atoms with Crippen molar-refractivity contribution in [2.24, 2.45) is 0 Å². The van der Waals surface area contributed by atoms with Gasteiger partial charge in [-0.25, -0.2) is 9.31 Å². The van der Waals surface area contributed by atoms with Gasteiger partial charge in [0.1, 0.15) is 10.6 Å². The molecule has 3 aromatic heterocycles. The zero-order chi connectivity index (χ0) is 19.0. The number of nitrogens with zero attached hydrogens (tertiary/aromatic N) is 2. The molecule has 4 rings (SSSR count). The maximum Gasteiger partial charge on any atom is 0.339 e. The van der Waals surface area contributed by atoms with Crippen LogP contribution in [0.1, 0.15) is 20.8 Å². The fourth-order valence-corrected chi connectivity index (χ4v) is 3.80. The van der Waals surface area contributed by atoms with Gasteiger partial charge in [-0.1, -0.05) is 29.8 Å². The Morgan fingerprint density at radius 3 is 2.63 bits per heavy atom. The lowest BCUT2D eigenvalue weighted by Crippen LogP contribution is -2.14. The van der Waals surface area contributed by atoms with Crippen molar-refractivity contribution >= 4 is 45.3 Å². The average molecular weight is 398 g/mol. The molecule has 1 amide bonds. The van der Waals surface area contributed by atoms with E-state index in [0.717, 1.165) is 16.9 Å². The van der Waals surface area contributed by atoms with E-state index in [9.17, 15) is 14.7 Å². The maximum atomic E-state index is 12.6. The molecule has 0 aliphatic rings. The number of nitrogens with one attached hydrogen (secondary N) is 1. The molecule has 0 spiro atoms. The molecule has 6 nitrogen and oxygen atoms in total. The minimum absolute atomic E-state index is 0.0411. The van der Waals surface area contributed by atoms with E-state index in [2.05, 4.69) is 10.4 Å². The summed E-state index contributed by atoms with van der Waals surface area (Å²) < 4.78 is 1.58. The van der Waals surface area contributed by atoms with Crippen LogP contribution in [0.4, 0.5) is 5.00 Å². The molecule has 0 fully saturated rings. The molecular formula is C19H12ClN3O3S. The largest absolute Gasteiger partial charge is 0.478 e. The highest BCUT2D eigenvalue weighted by Gasteiger charge is 2.22. The number of pyridine rings is 1. The fraction of sp³-hybridized carbons (Fsp3) is 0. The number of carbonyl (C=O) groups excluding carboxylic acids is 1. The molecule has 0 saturated heterocycles. The van der Waals surface area contributed by atoms with Gasteiger partial charge in [-0.05, 0) is 35.9 Å². The van der Waals surface area contributed by atoms with Gasteiger partial charge >= 0.3 is 5.97 Å². The Morgan fingerprint density at radius 2 is 1.93 bits per heavy atom. The standard InChI is InChI=1S/C19H12ClN3O3S/c20-12-6-4-11(5-7-12)14-10-27-18(16(14)19(25)26)21-17(24)15-9-13-3-1-2-8-23(13)22-15/h1-10H,(H,21,24)(H,25,26). The summed E-state index contributed by atoms with van der Waals surface area (Å²) >= 11 is 7.05. The lowest BCUT2D eigenvalue weighted by Gasteiger charge is -2.05. The molecule has 134 valence electrons. The number of carboxylic acids is 1. The Morgan fingerprint density at radius 1 is 1.15 bits per heavy atom. The number of rotatable bonds is 4. The van der Waals surface area contributed by atoms with E-state index in [-0.39, 0.29) is 16.3 Å². The van der Waals surface area contributed by atoms with Crippen molar-refractivity contribution in [3.63, 3.8) is 0 Å². The summed E-state index contributed by atoms with van der Waals surface area (Å²) in [6, 6.07) is 14.0. The molecule has 0 aliphatic heterocycles. The lowest BCUT2D eigenvalue weighted by atomic mass is 10.0. The predicted octanol–water partition coefficient (Wildman–Crippen LogP) is 4.67. The van der Waals surface area contributed by atoms with Gasteiger partial charge in [-0.2, -0.15) is 5.10 Å². The molecule has 0 saturated carbocycles. The van der Waals surface area contributed by atoms with Crippen molar-refractivity contribution < 1.29 is 14.7 Å². The van der Waals surface area contributed by atoms with Crippen LogP contribution in [-0.4, -0.2) is 26.6 Å². The molecule has 2 N–H and O–H groups in total. The SMILES string of the molecule is O=C(Nc1scc(-c2ccc(Cl)cc2)c1C(=O)O)c1cc2ccccn2n1. The summed E-state index contributed by atoms with van der Waals surface area (Å²) in [4.78, 5) is 24.4. The van der Waals surface area contributed by atoms with Gasteiger partial charge in [-0.3, -0.25) is 4.79 Å². The van der Waals surface area contributed by atoms with Crippen LogP contribution in [0.5, 0.6) is 0 Å². The van der Waals surface area contributed by atoms with Crippen LogP contribution in [0.25, 0.3) is 16.6 Å². The third kappa shape index (κ3) is 3.30. The van der Waals surface area contributed by atoms with Gasteiger partial charge in [0, 0.05) is 22.2 Å². The van der Waals surface area contributed by atoms with Gasteiger partial charge in [0.2, 0.25) is 0 Å². The number of benzene rings is 1. The number of hydrogen-bond acceptors (Lipinski definition) is 4. The van der Waals surface area contributed by atoms with Crippen molar-refractivity contribution in [2.75, 3.05) is 5.32 Å². The van der Waals surface area contributed by atoms with Crippen LogP contribution in [0.2, 0.25) is 5.02 Å². The first-order valence-corrected chi connectivity index (χ1v) is 9.15. The van der Waals surface area contributed by atoms with E-state index in [1.807, 2.05) is 18.2 Å². The molecule has 0 bridgehead atoms. The first kappa shape index (κ1) is 17.3. The topological polar surface area (TPSA) is 83.7 Å². The van der Waals surface area contributed by atoms with E-state index in [4.69, 9.17) is 11.6 Å². The van der Waals surface area contributed by atoms with Crippen molar-refractivity contribution in [3.05, 3.63) is 76.4 Å². The van der Waals surface area contributed by atoms with Gasteiger partial charge in [0.25, 0.3) is 5.91 Å². The van der Waals surface area contributed by atoms with E-state index >= 15 is 0 Å². The number of thiophene rings is 1. The molecule has 4 aromatic rings. The smallest absolute Gasteiger partial charge is 0.339 e. The third-order valence-corrected chi connectivity index (χ3v) is 5.14. The zero-order valence-corrected chi connectivity index (χ0v) is 15.3. The maximum absolute atomic E-state index is 12.6. The quantitative estimate of drug-likeness (QED) is 0.524. The molecule has 8 heteroatoms. The summed E-state index contributed by atoms with van der Waals surface area (Å²) in [7, 11) is 0. The molecular weight excluding hydrogens is 386 g/mol. The number of carbonyl (C=O) groups is 2. The lowest BCUT2D eigenvalue weighted by molar-refractivity contribution is 0.0699. The summed E-state index contributed by atoms with van der Waals surface area (Å²) in [5.41, 5.74) is 2.25. The number of anilines is 1. The van der Waals surface area contributed by atoms with Gasteiger partial charge in [-0.15, -0.1) is 11.3 Å². The van der Waals surface area contributed by atoms with Crippen molar-refractivity contribution in [2.45, 2.75) is 0 Å². The Kier molecular flexibility index (Phi) is 4.39. The molecule has 0 atom stereocenters. The molecule has 0 aliphatic carbocycles. The molecule has 0 radical (unpaired) electrons. The highest BCUT2D eigenvalue weighted by Crippen LogP contribution is 2.36. The van der Waals surface area contributed by atoms with Crippen molar-refractivity contribution in [1.29, 1.82) is 0 Å². The monoisotopic (exact) mass is 397 g/mol. The number of aromatic carboxylic acids is 1. The number of fused-ring (bicyclic) bond motifs is 1. The van der Waals surface area contributed by atoms with Crippen LogP contribution in [0, 0.1) is 0 Å². The second-order valence-electron chi connectivity index (χ2n) is 5.72.